The van der Waals surface area contributed by atoms with Crippen LogP contribution in [0.3, 0.4) is 0 Å². The molecule has 0 aliphatic heterocycles. The molecule has 0 aromatic heterocycles. The van der Waals surface area contributed by atoms with Crippen molar-refractivity contribution >= 4 is 5.57 Å². The average molecular weight is 172 g/mol. The number of hydrogen-bond acceptors (Lipinski definition) is 1. The van der Waals surface area contributed by atoms with Gasteiger partial charge < -0.3 is 0 Å². The van der Waals surface area contributed by atoms with Gasteiger partial charge in [-0.3, -0.25) is 4.79 Å². The molecule has 2 rings (SSSR count). The third kappa shape index (κ3) is 1.55. The smallest absolute Gasteiger partial charge is 0.181 e. The summed E-state index contributed by atoms with van der Waals surface area (Å²) >= 11 is 0. The van der Waals surface area contributed by atoms with Crippen molar-refractivity contribution in [1.82, 2.24) is 0 Å². The van der Waals surface area contributed by atoms with Crippen molar-refractivity contribution in [2.75, 3.05) is 0 Å². The Labute approximate surface area is 77.7 Å². The van der Waals surface area contributed by atoms with Gasteiger partial charge in [0.2, 0.25) is 0 Å². The molecule has 0 saturated heterocycles. The summed E-state index contributed by atoms with van der Waals surface area (Å²) in [6.07, 6.45) is 4.55. The molecule has 0 heterocycles. The highest BCUT2D eigenvalue weighted by molar-refractivity contribution is 5.69. The Balaban J connectivity index is 2.56. The number of allylic oxidation sites excluding steroid dienone is 2. The van der Waals surface area contributed by atoms with E-state index in [0.717, 1.165) is 12.0 Å². The van der Waals surface area contributed by atoms with Crippen molar-refractivity contribution in [3.63, 3.8) is 0 Å². The molecular weight excluding hydrogens is 160 g/mol. The monoisotopic (exact) mass is 172 g/mol. The first-order valence-corrected chi connectivity index (χ1v) is 4.58. The zero-order valence-corrected chi connectivity index (χ0v) is 7.71. The van der Waals surface area contributed by atoms with E-state index in [2.05, 4.69) is 6.08 Å². The van der Waals surface area contributed by atoms with Crippen LogP contribution < -0.4 is 5.43 Å². The normalized spacial score (nSPS) is 14.7. The van der Waals surface area contributed by atoms with Crippen molar-refractivity contribution in [3.8, 4) is 0 Å². The average Bonchev–Trinajstić information content (AvgIpc) is 2.12. The van der Waals surface area contributed by atoms with Gasteiger partial charge in [-0.25, -0.2) is 0 Å². The van der Waals surface area contributed by atoms with Gasteiger partial charge in [-0.1, -0.05) is 18.2 Å². The van der Waals surface area contributed by atoms with E-state index >= 15 is 0 Å². The standard InChI is InChI=1S/C12H12O/c1-9-8-11(10-4-2-5-10)6-3-7-12(9)13/h3-4,6-8H,2,5H2,1H3. The third-order valence-corrected chi connectivity index (χ3v) is 2.46. The molecule has 1 nitrogen and oxygen atoms in total. The zero-order valence-electron chi connectivity index (χ0n) is 7.71. The minimum absolute atomic E-state index is 0.117. The SMILES string of the molecule is Cc1cc(C2=CCC2)cccc1=O. The molecule has 1 aliphatic rings. The van der Waals surface area contributed by atoms with E-state index in [-0.39, 0.29) is 5.43 Å². The lowest BCUT2D eigenvalue weighted by Crippen LogP contribution is -1.98. The van der Waals surface area contributed by atoms with Crippen LogP contribution in [0.4, 0.5) is 0 Å². The Morgan fingerprint density at radius 2 is 2.08 bits per heavy atom. The van der Waals surface area contributed by atoms with Gasteiger partial charge in [-0.05, 0) is 48.6 Å². The van der Waals surface area contributed by atoms with Crippen LogP contribution in [0.25, 0.3) is 5.57 Å². The molecule has 0 atom stereocenters. The quantitative estimate of drug-likeness (QED) is 0.636. The lowest BCUT2D eigenvalue weighted by atomic mass is 9.92. The summed E-state index contributed by atoms with van der Waals surface area (Å²) in [6.45, 7) is 1.87. The lowest BCUT2D eigenvalue weighted by Gasteiger charge is -2.13. The van der Waals surface area contributed by atoms with Gasteiger partial charge in [0.15, 0.2) is 5.43 Å². The molecule has 0 saturated carbocycles. The van der Waals surface area contributed by atoms with E-state index in [9.17, 15) is 4.79 Å². The van der Waals surface area contributed by atoms with Gasteiger partial charge in [-0.2, -0.15) is 0 Å². The van der Waals surface area contributed by atoms with E-state index in [1.165, 1.54) is 17.6 Å². The predicted octanol–water partition coefficient (Wildman–Crippen LogP) is 2.53. The van der Waals surface area contributed by atoms with Crippen molar-refractivity contribution in [1.29, 1.82) is 0 Å². The summed E-state index contributed by atoms with van der Waals surface area (Å²) in [5.41, 5.74) is 3.52. The molecule has 1 aromatic rings. The van der Waals surface area contributed by atoms with E-state index in [4.69, 9.17) is 0 Å². The first kappa shape index (κ1) is 8.24. The molecule has 1 heteroatoms. The molecule has 0 unspecified atom stereocenters. The van der Waals surface area contributed by atoms with Crippen LogP contribution in [0.1, 0.15) is 24.0 Å². The highest BCUT2D eigenvalue weighted by Gasteiger charge is 2.07. The topological polar surface area (TPSA) is 17.1 Å². The summed E-state index contributed by atoms with van der Waals surface area (Å²) in [7, 11) is 0. The van der Waals surface area contributed by atoms with Crippen molar-refractivity contribution in [3.05, 3.63) is 51.7 Å². The summed E-state index contributed by atoms with van der Waals surface area (Å²) in [6, 6.07) is 7.45. The second kappa shape index (κ2) is 3.17. The Kier molecular flexibility index (Phi) is 2.01. The fraction of sp³-hybridized carbons (Fsp3) is 0.250. The first-order valence-electron chi connectivity index (χ1n) is 4.58. The molecular formula is C12H12O. The Hall–Kier alpha value is -1.37. The zero-order chi connectivity index (χ0) is 9.26. The Morgan fingerprint density at radius 1 is 1.31 bits per heavy atom. The number of rotatable bonds is 1. The van der Waals surface area contributed by atoms with Crippen LogP contribution in [-0.4, -0.2) is 0 Å². The van der Waals surface area contributed by atoms with Gasteiger partial charge >= 0.3 is 0 Å². The van der Waals surface area contributed by atoms with Crippen LogP contribution >= 0.6 is 0 Å². The molecule has 66 valence electrons. The molecule has 13 heavy (non-hydrogen) atoms. The highest BCUT2D eigenvalue weighted by atomic mass is 16.1. The van der Waals surface area contributed by atoms with Crippen LogP contribution in [0, 0.1) is 6.92 Å². The molecule has 0 bridgehead atoms. The van der Waals surface area contributed by atoms with Crippen LogP contribution in [-0.2, 0) is 0 Å². The molecule has 1 aliphatic carbocycles. The fourth-order valence-corrected chi connectivity index (χ4v) is 1.47. The van der Waals surface area contributed by atoms with Gasteiger partial charge in [0.05, 0.1) is 0 Å². The predicted molar refractivity (Wildman–Crippen MR) is 54.7 cm³/mol. The van der Waals surface area contributed by atoms with Crippen molar-refractivity contribution < 1.29 is 0 Å². The van der Waals surface area contributed by atoms with Crippen LogP contribution in [0.15, 0.2) is 35.1 Å². The summed E-state index contributed by atoms with van der Waals surface area (Å²) in [4.78, 5) is 11.3. The molecule has 0 radical (unpaired) electrons. The second-order valence-electron chi connectivity index (χ2n) is 3.44. The Bertz CT molecular complexity index is 416. The van der Waals surface area contributed by atoms with E-state index in [1.807, 2.05) is 25.1 Å². The van der Waals surface area contributed by atoms with Gasteiger partial charge in [0, 0.05) is 0 Å². The lowest BCUT2D eigenvalue weighted by molar-refractivity contribution is 0.988. The molecule has 0 N–H and O–H groups in total. The third-order valence-electron chi connectivity index (χ3n) is 2.46. The maximum Gasteiger partial charge on any atom is 0.181 e. The maximum atomic E-state index is 11.3. The highest BCUT2D eigenvalue weighted by Crippen LogP contribution is 2.28. The molecule has 0 spiro atoms. The van der Waals surface area contributed by atoms with Crippen molar-refractivity contribution in [2.45, 2.75) is 19.8 Å². The second-order valence-corrected chi connectivity index (χ2v) is 3.44. The summed E-state index contributed by atoms with van der Waals surface area (Å²) < 4.78 is 0. The van der Waals surface area contributed by atoms with Gasteiger partial charge in [0.1, 0.15) is 0 Å². The Morgan fingerprint density at radius 3 is 2.69 bits per heavy atom. The summed E-state index contributed by atoms with van der Waals surface area (Å²) in [5.74, 6) is 0. The molecule has 0 amide bonds. The molecule has 0 fully saturated rings. The van der Waals surface area contributed by atoms with Crippen LogP contribution in [0.5, 0.6) is 0 Å². The van der Waals surface area contributed by atoms with E-state index in [0.29, 0.717) is 0 Å². The summed E-state index contributed by atoms with van der Waals surface area (Å²) in [5, 5.41) is 0. The molecule has 1 aromatic carbocycles. The largest absolute Gasteiger partial charge is 0.290 e. The van der Waals surface area contributed by atoms with Crippen molar-refractivity contribution in [2.24, 2.45) is 0 Å². The maximum absolute atomic E-state index is 11.3. The van der Waals surface area contributed by atoms with E-state index in [1.54, 1.807) is 6.07 Å². The minimum Gasteiger partial charge on any atom is -0.290 e. The van der Waals surface area contributed by atoms with Crippen LogP contribution in [0.2, 0.25) is 0 Å². The number of hydrogen-bond donors (Lipinski definition) is 0. The fourth-order valence-electron chi connectivity index (χ4n) is 1.47. The van der Waals surface area contributed by atoms with Gasteiger partial charge in [0.25, 0.3) is 0 Å². The number of aryl methyl sites for hydroxylation is 1. The van der Waals surface area contributed by atoms with Gasteiger partial charge in [-0.15, -0.1) is 0 Å². The minimum atomic E-state index is 0.117. The van der Waals surface area contributed by atoms with E-state index < -0.39 is 0 Å². The first-order chi connectivity index (χ1) is 6.27.